The summed E-state index contributed by atoms with van der Waals surface area (Å²) in [6.07, 6.45) is 14.7. The Bertz CT molecular complexity index is 741. The number of piperidine rings is 1. The number of allylic oxidation sites excluding steroid dienone is 5. The van der Waals surface area contributed by atoms with Crippen molar-refractivity contribution in [2.75, 3.05) is 19.6 Å². The predicted molar refractivity (Wildman–Crippen MR) is 113 cm³/mol. The molecule has 1 spiro atoms. The molecule has 3 rings (SSSR count). The average Bonchev–Trinajstić information content (AvgIpc) is 2.68. The number of rotatable bonds is 5. The molecule has 26 heavy (non-hydrogen) atoms. The van der Waals surface area contributed by atoms with Crippen LogP contribution in [0.3, 0.4) is 0 Å². The van der Waals surface area contributed by atoms with Crippen LogP contribution in [0.2, 0.25) is 0 Å². The zero-order valence-electron chi connectivity index (χ0n) is 16.0. The largest absolute Gasteiger partial charge is 0.304 e. The van der Waals surface area contributed by atoms with E-state index in [1.807, 2.05) is 30.5 Å². The van der Waals surface area contributed by atoms with Gasteiger partial charge in [-0.1, -0.05) is 51.0 Å². The molecular weight excluding hydrogens is 316 g/mol. The molecule has 1 aromatic heterocycles. The lowest BCUT2D eigenvalue weighted by Crippen LogP contribution is -2.41. The predicted octanol–water partition coefficient (Wildman–Crippen LogP) is 5.67. The van der Waals surface area contributed by atoms with E-state index >= 15 is 0 Å². The molecular formula is C24H30N2. The summed E-state index contributed by atoms with van der Waals surface area (Å²) in [5, 5.41) is 0. The molecule has 2 aliphatic rings. The zero-order valence-corrected chi connectivity index (χ0v) is 16.0. The third-order valence-electron chi connectivity index (χ3n) is 5.96. The fourth-order valence-corrected chi connectivity index (χ4v) is 4.25. The Morgan fingerprint density at radius 3 is 2.46 bits per heavy atom. The number of likely N-dealkylation sites (tertiary alicyclic amines) is 1. The maximum Gasteiger partial charge on any atom is 0.0630 e. The Labute approximate surface area is 158 Å². The van der Waals surface area contributed by atoms with Crippen LogP contribution < -0.4 is 0 Å². The molecule has 1 aliphatic carbocycles. The van der Waals surface area contributed by atoms with E-state index in [1.165, 1.54) is 42.7 Å². The number of pyridine rings is 1. The molecule has 0 N–H and O–H groups in total. The normalized spacial score (nSPS) is 20.7. The first kappa shape index (κ1) is 18.6. The molecule has 2 heterocycles. The molecule has 0 aromatic carbocycles. The minimum Gasteiger partial charge on any atom is -0.304 e. The fraction of sp³-hybridized carbons (Fsp3) is 0.375. The van der Waals surface area contributed by atoms with Crippen molar-refractivity contribution in [2.24, 2.45) is 5.41 Å². The van der Waals surface area contributed by atoms with Gasteiger partial charge in [0.15, 0.2) is 0 Å². The van der Waals surface area contributed by atoms with Gasteiger partial charge < -0.3 is 4.90 Å². The molecule has 1 aromatic rings. The Morgan fingerprint density at radius 2 is 1.88 bits per heavy atom. The molecule has 0 saturated carbocycles. The van der Waals surface area contributed by atoms with Crippen molar-refractivity contribution in [3.8, 4) is 0 Å². The van der Waals surface area contributed by atoms with Gasteiger partial charge in [0.25, 0.3) is 0 Å². The van der Waals surface area contributed by atoms with Crippen molar-refractivity contribution in [2.45, 2.75) is 32.6 Å². The van der Waals surface area contributed by atoms with Gasteiger partial charge in [-0.05, 0) is 85.2 Å². The summed E-state index contributed by atoms with van der Waals surface area (Å²) in [5.41, 5.74) is 6.21. The highest BCUT2D eigenvalue weighted by Crippen LogP contribution is 2.48. The number of nitrogens with zero attached hydrogens (tertiary/aromatic N) is 2. The van der Waals surface area contributed by atoms with Crippen LogP contribution >= 0.6 is 0 Å². The first-order valence-electron chi connectivity index (χ1n) is 9.62. The average molecular weight is 347 g/mol. The van der Waals surface area contributed by atoms with E-state index < -0.39 is 0 Å². The summed E-state index contributed by atoms with van der Waals surface area (Å²) in [4.78, 5) is 7.02. The zero-order chi connectivity index (χ0) is 18.6. The summed E-state index contributed by atoms with van der Waals surface area (Å²) in [5.74, 6) is 0. The lowest BCUT2D eigenvalue weighted by Gasteiger charge is -2.45. The summed E-state index contributed by atoms with van der Waals surface area (Å²) in [7, 11) is 0. The monoisotopic (exact) mass is 346 g/mol. The van der Waals surface area contributed by atoms with Crippen molar-refractivity contribution in [1.82, 2.24) is 9.88 Å². The molecule has 0 amide bonds. The van der Waals surface area contributed by atoms with Gasteiger partial charge in [-0.2, -0.15) is 0 Å². The SMILES string of the molecule is C=CC1=C(/C=C/c2ccc(C=C)cn2)C(=C)CC2(CCN(CC)CC2)C1. The lowest BCUT2D eigenvalue weighted by atomic mass is 9.65. The van der Waals surface area contributed by atoms with Gasteiger partial charge in [0, 0.05) is 6.20 Å². The molecule has 1 aliphatic heterocycles. The standard InChI is InChI=1S/C24H30N2/c1-5-20-8-9-22(25-18-20)10-11-23-19(4)16-24(17-21(23)6-2)12-14-26(7-3)15-13-24/h5-6,8-11,18H,1-2,4,7,12-17H2,3H3/b11-10+. The third kappa shape index (κ3) is 3.96. The van der Waals surface area contributed by atoms with E-state index in [0.29, 0.717) is 5.41 Å². The minimum absolute atomic E-state index is 0.382. The number of aromatic nitrogens is 1. The van der Waals surface area contributed by atoms with Crippen molar-refractivity contribution < 1.29 is 0 Å². The van der Waals surface area contributed by atoms with Crippen LogP contribution in [-0.2, 0) is 0 Å². The van der Waals surface area contributed by atoms with Crippen LogP contribution in [0.15, 0.2) is 66.9 Å². The van der Waals surface area contributed by atoms with Gasteiger partial charge in [0.1, 0.15) is 0 Å². The van der Waals surface area contributed by atoms with E-state index in [4.69, 9.17) is 0 Å². The van der Waals surface area contributed by atoms with E-state index in [2.05, 4.69) is 48.7 Å². The fourth-order valence-electron chi connectivity index (χ4n) is 4.25. The van der Waals surface area contributed by atoms with Gasteiger partial charge in [-0.25, -0.2) is 0 Å². The molecule has 2 heteroatoms. The molecule has 2 nitrogen and oxygen atoms in total. The summed E-state index contributed by atoms with van der Waals surface area (Å²) in [6.45, 7) is 18.1. The first-order chi connectivity index (χ1) is 12.6. The summed E-state index contributed by atoms with van der Waals surface area (Å²) < 4.78 is 0. The van der Waals surface area contributed by atoms with Crippen molar-refractivity contribution in [3.63, 3.8) is 0 Å². The third-order valence-corrected chi connectivity index (χ3v) is 5.96. The van der Waals surface area contributed by atoms with E-state index in [1.54, 1.807) is 0 Å². The Morgan fingerprint density at radius 1 is 1.12 bits per heavy atom. The van der Waals surface area contributed by atoms with Crippen LogP contribution in [0.1, 0.15) is 43.9 Å². The van der Waals surface area contributed by atoms with Crippen LogP contribution in [-0.4, -0.2) is 29.5 Å². The quantitative estimate of drug-likeness (QED) is 0.682. The smallest absolute Gasteiger partial charge is 0.0630 e. The summed E-state index contributed by atoms with van der Waals surface area (Å²) in [6, 6.07) is 4.06. The number of hydrogen-bond acceptors (Lipinski definition) is 2. The highest BCUT2D eigenvalue weighted by atomic mass is 15.1. The van der Waals surface area contributed by atoms with Gasteiger partial charge in [0.2, 0.25) is 0 Å². The minimum atomic E-state index is 0.382. The highest BCUT2D eigenvalue weighted by molar-refractivity contribution is 5.59. The van der Waals surface area contributed by atoms with Crippen LogP contribution in [0.5, 0.6) is 0 Å². The van der Waals surface area contributed by atoms with E-state index in [-0.39, 0.29) is 0 Å². The van der Waals surface area contributed by atoms with Crippen LogP contribution in [0, 0.1) is 5.41 Å². The number of hydrogen-bond donors (Lipinski definition) is 0. The van der Waals surface area contributed by atoms with Crippen LogP contribution in [0.4, 0.5) is 0 Å². The Hall–Kier alpha value is -2.19. The molecule has 0 bridgehead atoms. The molecule has 1 fully saturated rings. The van der Waals surface area contributed by atoms with Crippen LogP contribution in [0.25, 0.3) is 12.2 Å². The molecule has 136 valence electrons. The molecule has 0 radical (unpaired) electrons. The summed E-state index contributed by atoms with van der Waals surface area (Å²) >= 11 is 0. The second-order valence-electron chi connectivity index (χ2n) is 7.59. The second-order valence-corrected chi connectivity index (χ2v) is 7.59. The Kier molecular flexibility index (Phi) is 5.73. The first-order valence-corrected chi connectivity index (χ1v) is 9.62. The van der Waals surface area contributed by atoms with E-state index in [0.717, 1.165) is 30.6 Å². The van der Waals surface area contributed by atoms with Crippen molar-refractivity contribution >= 4 is 12.2 Å². The van der Waals surface area contributed by atoms with Gasteiger partial charge >= 0.3 is 0 Å². The van der Waals surface area contributed by atoms with Crippen molar-refractivity contribution in [3.05, 3.63) is 78.2 Å². The molecule has 1 saturated heterocycles. The van der Waals surface area contributed by atoms with Gasteiger partial charge in [-0.3, -0.25) is 4.98 Å². The molecule has 0 unspecified atom stereocenters. The Balaban J connectivity index is 1.79. The van der Waals surface area contributed by atoms with Gasteiger partial charge in [-0.15, -0.1) is 0 Å². The lowest BCUT2D eigenvalue weighted by molar-refractivity contribution is 0.105. The molecule has 0 atom stereocenters. The van der Waals surface area contributed by atoms with Gasteiger partial charge in [0.05, 0.1) is 5.69 Å². The maximum atomic E-state index is 4.47. The maximum absolute atomic E-state index is 4.47. The van der Waals surface area contributed by atoms with Crippen molar-refractivity contribution in [1.29, 1.82) is 0 Å². The second kappa shape index (κ2) is 8.01. The highest BCUT2D eigenvalue weighted by Gasteiger charge is 2.38. The van der Waals surface area contributed by atoms with E-state index in [9.17, 15) is 0 Å². The topological polar surface area (TPSA) is 16.1 Å².